The van der Waals surface area contributed by atoms with E-state index >= 15 is 0 Å². The van der Waals surface area contributed by atoms with Gasteiger partial charge in [-0.1, -0.05) is 0 Å². The van der Waals surface area contributed by atoms with Crippen molar-refractivity contribution in [2.45, 2.75) is 38.9 Å². The van der Waals surface area contributed by atoms with Gasteiger partial charge in [-0.05, 0) is 20.3 Å². The molecule has 1 aromatic rings. The molecule has 96 valence electrons. The highest BCUT2D eigenvalue weighted by Crippen LogP contribution is 2.05. The molecule has 0 radical (unpaired) electrons. The van der Waals surface area contributed by atoms with E-state index < -0.39 is 0 Å². The normalized spacial score (nSPS) is 22.6. The van der Waals surface area contributed by atoms with Crippen LogP contribution in [-0.2, 0) is 11.3 Å². The molecule has 1 saturated heterocycles. The number of oxazole rings is 1. The summed E-state index contributed by atoms with van der Waals surface area (Å²) in [5.74, 6) is 1.61. The predicted octanol–water partition coefficient (Wildman–Crippen LogP) is 0.840. The molecule has 5 heteroatoms. The summed E-state index contributed by atoms with van der Waals surface area (Å²) in [4.78, 5) is 4.17. The van der Waals surface area contributed by atoms with Gasteiger partial charge in [0, 0.05) is 18.6 Å². The fourth-order valence-corrected chi connectivity index (χ4v) is 2.03. The first-order valence-electron chi connectivity index (χ1n) is 6.20. The predicted molar refractivity (Wildman–Crippen MR) is 64.8 cm³/mol. The Labute approximate surface area is 102 Å². The molecule has 2 N–H and O–H groups in total. The molecule has 0 spiro atoms. The fraction of sp³-hybridized carbons (Fsp3) is 0.750. The van der Waals surface area contributed by atoms with E-state index in [2.05, 4.69) is 22.5 Å². The van der Waals surface area contributed by atoms with Crippen LogP contribution >= 0.6 is 0 Å². The number of ether oxygens (including phenoxy) is 1. The Morgan fingerprint density at radius 2 is 2.53 bits per heavy atom. The van der Waals surface area contributed by atoms with Crippen LogP contribution in [0.1, 0.15) is 25.0 Å². The van der Waals surface area contributed by atoms with Gasteiger partial charge in [0.1, 0.15) is 5.76 Å². The van der Waals surface area contributed by atoms with E-state index in [-0.39, 0.29) is 0 Å². The summed E-state index contributed by atoms with van der Waals surface area (Å²) >= 11 is 0. The van der Waals surface area contributed by atoms with Crippen molar-refractivity contribution in [3.63, 3.8) is 0 Å². The molecule has 5 nitrogen and oxygen atoms in total. The summed E-state index contributed by atoms with van der Waals surface area (Å²) in [5.41, 5.74) is 0. The van der Waals surface area contributed by atoms with Gasteiger partial charge in [0.05, 0.1) is 26.0 Å². The maximum Gasteiger partial charge on any atom is 0.208 e. The van der Waals surface area contributed by atoms with E-state index in [9.17, 15) is 0 Å². The van der Waals surface area contributed by atoms with Crippen LogP contribution in [0.3, 0.4) is 0 Å². The van der Waals surface area contributed by atoms with Crippen LogP contribution in [0.5, 0.6) is 0 Å². The maximum atomic E-state index is 5.43. The van der Waals surface area contributed by atoms with Crippen molar-refractivity contribution in [1.82, 2.24) is 15.6 Å². The molecule has 17 heavy (non-hydrogen) atoms. The third-order valence-corrected chi connectivity index (χ3v) is 2.91. The molecule has 2 heterocycles. The van der Waals surface area contributed by atoms with Gasteiger partial charge in [-0.3, -0.25) is 0 Å². The Morgan fingerprint density at radius 1 is 1.65 bits per heavy atom. The molecular weight excluding hydrogens is 218 g/mol. The molecule has 2 atom stereocenters. The van der Waals surface area contributed by atoms with Crippen molar-refractivity contribution >= 4 is 0 Å². The minimum atomic E-state index is 0.418. The van der Waals surface area contributed by atoms with E-state index in [1.54, 1.807) is 6.20 Å². The molecule has 2 rings (SSSR count). The Bertz CT molecular complexity index is 334. The summed E-state index contributed by atoms with van der Waals surface area (Å²) in [5, 5.41) is 6.86. The van der Waals surface area contributed by atoms with Crippen molar-refractivity contribution in [2.24, 2.45) is 0 Å². The molecule has 0 saturated carbocycles. The lowest BCUT2D eigenvalue weighted by Gasteiger charge is -2.26. The second kappa shape index (κ2) is 6.14. The monoisotopic (exact) mass is 239 g/mol. The Hall–Kier alpha value is -0.910. The number of nitrogens with zero attached hydrogens (tertiary/aromatic N) is 1. The number of aryl methyl sites for hydroxylation is 1. The van der Waals surface area contributed by atoms with Crippen molar-refractivity contribution in [2.75, 3.05) is 19.8 Å². The van der Waals surface area contributed by atoms with Crippen molar-refractivity contribution in [1.29, 1.82) is 0 Å². The zero-order chi connectivity index (χ0) is 12.1. The molecule has 1 aromatic heterocycles. The number of hydrogen-bond donors (Lipinski definition) is 2. The molecule has 0 amide bonds. The second-order valence-electron chi connectivity index (χ2n) is 4.61. The highest BCUT2D eigenvalue weighted by Gasteiger charge is 2.16. The molecule has 2 unspecified atom stereocenters. The summed E-state index contributed by atoms with van der Waals surface area (Å²) in [6.07, 6.45) is 2.80. The van der Waals surface area contributed by atoms with E-state index in [4.69, 9.17) is 9.15 Å². The van der Waals surface area contributed by atoms with E-state index in [0.29, 0.717) is 18.6 Å². The van der Waals surface area contributed by atoms with Crippen LogP contribution in [0.2, 0.25) is 0 Å². The second-order valence-corrected chi connectivity index (χ2v) is 4.61. The third kappa shape index (κ3) is 4.11. The quantitative estimate of drug-likeness (QED) is 0.797. The average Bonchev–Trinajstić information content (AvgIpc) is 2.74. The van der Waals surface area contributed by atoms with E-state index in [1.165, 1.54) is 0 Å². The lowest BCUT2D eigenvalue weighted by atomic mass is 10.1. The standard InChI is InChI=1S/C12H21N3O2/c1-9(5-11-8-16-4-3-13-11)14-7-12-15-6-10(2)17-12/h6,9,11,13-14H,3-5,7-8H2,1-2H3. The molecule has 0 aliphatic carbocycles. The zero-order valence-corrected chi connectivity index (χ0v) is 10.5. The largest absolute Gasteiger partial charge is 0.445 e. The molecule has 0 bridgehead atoms. The lowest BCUT2D eigenvalue weighted by molar-refractivity contribution is 0.0711. The summed E-state index contributed by atoms with van der Waals surface area (Å²) in [7, 11) is 0. The molecule has 1 fully saturated rings. The van der Waals surface area contributed by atoms with Crippen LogP contribution in [-0.4, -0.2) is 36.8 Å². The van der Waals surface area contributed by atoms with Crippen LogP contribution in [0.15, 0.2) is 10.6 Å². The van der Waals surface area contributed by atoms with Gasteiger partial charge in [0.15, 0.2) is 0 Å². The minimum absolute atomic E-state index is 0.418. The highest BCUT2D eigenvalue weighted by atomic mass is 16.5. The fourth-order valence-electron chi connectivity index (χ4n) is 2.03. The van der Waals surface area contributed by atoms with E-state index in [1.807, 2.05) is 6.92 Å². The number of morpholine rings is 1. The van der Waals surface area contributed by atoms with Crippen LogP contribution < -0.4 is 10.6 Å². The number of hydrogen-bond acceptors (Lipinski definition) is 5. The van der Waals surface area contributed by atoms with Crippen LogP contribution in [0.4, 0.5) is 0 Å². The van der Waals surface area contributed by atoms with Gasteiger partial charge in [-0.2, -0.15) is 0 Å². The van der Waals surface area contributed by atoms with Gasteiger partial charge in [-0.15, -0.1) is 0 Å². The summed E-state index contributed by atoms with van der Waals surface area (Å²) in [6.45, 7) is 7.35. The minimum Gasteiger partial charge on any atom is -0.445 e. The smallest absolute Gasteiger partial charge is 0.208 e. The van der Waals surface area contributed by atoms with Gasteiger partial charge >= 0.3 is 0 Å². The number of nitrogens with one attached hydrogen (secondary N) is 2. The first-order chi connectivity index (χ1) is 8.24. The van der Waals surface area contributed by atoms with Crippen LogP contribution in [0.25, 0.3) is 0 Å². The average molecular weight is 239 g/mol. The van der Waals surface area contributed by atoms with Gasteiger partial charge in [0.2, 0.25) is 5.89 Å². The van der Waals surface area contributed by atoms with Gasteiger partial charge in [0.25, 0.3) is 0 Å². The molecule has 1 aliphatic rings. The van der Waals surface area contributed by atoms with E-state index in [0.717, 1.165) is 37.8 Å². The van der Waals surface area contributed by atoms with Crippen molar-refractivity contribution in [3.8, 4) is 0 Å². The topological polar surface area (TPSA) is 59.3 Å². The maximum absolute atomic E-state index is 5.43. The van der Waals surface area contributed by atoms with Crippen molar-refractivity contribution < 1.29 is 9.15 Å². The first-order valence-corrected chi connectivity index (χ1v) is 6.20. The summed E-state index contributed by atoms with van der Waals surface area (Å²) in [6, 6.07) is 0.874. The molecule has 1 aliphatic heterocycles. The highest BCUT2D eigenvalue weighted by molar-refractivity contribution is 4.90. The molecular formula is C12H21N3O2. The third-order valence-electron chi connectivity index (χ3n) is 2.91. The van der Waals surface area contributed by atoms with Crippen molar-refractivity contribution in [3.05, 3.63) is 17.8 Å². The Morgan fingerprint density at radius 3 is 3.18 bits per heavy atom. The van der Waals surface area contributed by atoms with Gasteiger partial charge in [-0.25, -0.2) is 4.98 Å². The SMILES string of the molecule is Cc1cnc(CNC(C)CC2COCCN2)o1. The Balaban J connectivity index is 1.68. The van der Waals surface area contributed by atoms with Gasteiger partial charge < -0.3 is 19.8 Å². The number of rotatable bonds is 5. The molecule has 0 aromatic carbocycles. The lowest BCUT2D eigenvalue weighted by Crippen LogP contribution is -2.44. The summed E-state index contributed by atoms with van der Waals surface area (Å²) < 4.78 is 10.8. The first kappa shape index (κ1) is 12.5. The zero-order valence-electron chi connectivity index (χ0n) is 10.5. The van der Waals surface area contributed by atoms with Crippen LogP contribution in [0, 0.1) is 6.92 Å². The number of aromatic nitrogens is 1. The Kier molecular flexibility index (Phi) is 4.53.